The maximum atomic E-state index is 11.5. The Morgan fingerprint density at radius 2 is 2.07 bits per heavy atom. The summed E-state index contributed by atoms with van der Waals surface area (Å²) >= 11 is 0. The minimum absolute atomic E-state index is 0.133. The zero-order valence-electron chi connectivity index (χ0n) is 9.29. The van der Waals surface area contributed by atoms with Crippen LogP contribution in [0.5, 0.6) is 0 Å². The second kappa shape index (κ2) is 8.97. The minimum Gasteiger partial charge on any atom is -0.381 e. The van der Waals surface area contributed by atoms with Gasteiger partial charge in [-0.1, -0.05) is 6.92 Å². The summed E-state index contributed by atoms with van der Waals surface area (Å²) in [4.78, 5) is 13.3. The summed E-state index contributed by atoms with van der Waals surface area (Å²) in [5.74, 6) is 0.133. The van der Waals surface area contributed by atoms with Crippen LogP contribution in [0.4, 0.5) is 0 Å². The number of nitrogens with zero attached hydrogens (tertiary/aromatic N) is 1. The second-order valence-corrected chi connectivity index (χ2v) is 3.12. The molecule has 0 aromatic carbocycles. The molecule has 0 atom stereocenters. The molecule has 1 amide bonds. The van der Waals surface area contributed by atoms with E-state index < -0.39 is 0 Å². The maximum absolute atomic E-state index is 11.5. The van der Waals surface area contributed by atoms with Crippen molar-refractivity contribution < 1.29 is 9.53 Å². The molecular weight excluding hydrogens is 180 g/mol. The highest BCUT2D eigenvalue weighted by Crippen LogP contribution is 1.94. The second-order valence-electron chi connectivity index (χ2n) is 3.12. The highest BCUT2D eigenvalue weighted by atomic mass is 16.5. The van der Waals surface area contributed by atoms with Gasteiger partial charge in [0.15, 0.2) is 0 Å². The van der Waals surface area contributed by atoms with Crippen molar-refractivity contribution in [3.63, 3.8) is 0 Å². The maximum Gasteiger partial charge on any atom is 0.224 e. The number of carbonyl (C=O) groups excluding carboxylic acids is 1. The summed E-state index contributed by atoms with van der Waals surface area (Å²) in [6.45, 7) is 7.15. The van der Waals surface area contributed by atoms with Gasteiger partial charge in [0.05, 0.1) is 13.0 Å². The molecule has 0 radical (unpaired) electrons. The predicted molar refractivity (Wildman–Crippen MR) is 57.0 cm³/mol. The van der Waals surface area contributed by atoms with Crippen LogP contribution >= 0.6 is 0 Å². The Kier molecular flexibility index (Phi) is 8.57. The number of nitrogens with two attached hydrogens (primary N) is 1. The third kappa shape index (κ3) is 5.94. The van der Waals surface area contributed by atoms with E-state index in [0.717, 1.165) is 19.6 Å². The molecule has 0 aliphatic rings. The summed E-state index contributed by atoms with van der Waals surface area (Å²) in [5.41, 5.74) is 5.39. The number of rotatable bonds is 8. The Hall–Kier alpha value is -0.610. The van der Waals surface area contributed by atoms with Gasteiger partial charge in [0, 0.05) is 26.2 Å². The number of likely N-dealkylation sites (N-methyl/N-ethyl adjacent to an activating group) is 1. The first kappa shape index (κ1) is 13.4. The lowest BCUT2D eigenvalue weighted by molar-refractivity contribution is -0.132. The molecule has 4 nitrogen and oxygen atoms in total. The van der Waals surface area contributed by atoms with Crippen molar-refractivity contribution in [3.8, 4) is 0 Å². The van der Waals surface area contributed by atoms with Crippen LogP contribution in [0.3, 0.4) is 0 Å². The lowest BCUT2D eigenvalue weighted by Gasteiger charge is -2.19. The molecule has 4 heteroatoms. The summed E-state index contributed by atoms with van der Waals surface area (Å²) in [7, 11) is 0. The average molecular weight is 202 g/mol. The van der Waals surface area contributed by atoms with Crippen LogP contribution in [0, 0.1) is 0 Å². The summed E-state index contributed by atoms with van der Waals surface area (Å²) in [6, 6.07) is 0. The number of hydrogen-bond acceptors (Lipinski definition) is 3. The van der Waals surface area contributed by atoms with E-state index in [1.54, 1.807) is 4.90 Å². The fraction of sp³-hybridized carbons (Fsp3) is 0.900. The molecule has 0 bridgehead atoms. The fourth-order valence-electron chi connectivity index (χ4n) is 1.18. The molecule has 0 saturated carbocycles. The summed E-state index contributed by atoms with van der Waals surface area (Å²) in [5, 5.41) is 0. The normalized spacial score (nSPS) is 10.2. The van der Waals surface area contributed by atoms with Gasteiger partial charge in [-0.3, -0.25) is 4.79 Å². The third-order valence-electron chi connectivity index (χ3n) is 1.94. The molecule has 0 aromatic rings. The summed E-state index contributed by atoms with van der Waals surface area (Å²) < 4.78 is 5.25. The molecule has 0 heterocycles. The lowest BCUT2D eigenvalue weighted by atomic mass is 10.3. The van der Waals surface area contributed by atoms with Crippen LogP contribution in [0.25, 0.3) is 0 Å². The molecule has 0 aromatic heterocycles. The Balaban J connectivity index is 3.58. The third-order valence-corrected chi connectivity index (χ3v) is 1.94. The van der Waals surface area contributed by atoms with Gasteiger partial charge in [0.1, 0.15) is 0 Å². The van der Waals surface area contributed by atoms with Crippen molar-refractivity contribution in [1.82, 2.24) is 4.90 Å². The van der Waals surface area contributed by atoms with Crippen LogP contribution < -0.4 is 5.73 Å². The molecule has 0 fully saturated rings. The van der Waals surface area contributed by atoms with Gasteiger partial charge in [-0.25, -0.2) is 0 Å². The lowest BCUT2D eigenvalue weighted by Crippen LogP contribution is -2.35. The molecular formula is C10H22N2O2. The van der Waals surface area contributed by atoms with Crippen LogP contribution in [0.2, 0.25) is 0 Å². The van der Waals surface area contributed by atoms with Crippen LogP contribution in [-0.4, -0.2) is 43.7 Å². The monoisotopic (exact) mass is 202 g/mol. The van der Waals surface area contributed by atoms with Gasteiger partial charge in [0.25, 0.3) is 0 Å². The Morgan fingerprint density at radius 3 is 2.57 bits per heavy atom. The predicted octanol–water partition coefficient (Wildman–Crippen LogP) is 0.610. The van der Waals surface area contributed by atoms with Gasteiger partial charge in [-0.05, 0) is 13.3 Å². The van der Waals surface area contributed by atoms with E-state index in [0.29, 0.717) is 26.1 Å². The van der Waals surface area contributed by atoms with Gasteiger partial charge >= 0.3 is 0 Å². The van der Waals surface area contributed by atoms with Crippen LogP contribution in [0.15, 0.2) is 0 Å². The van der Waals surface area contributed by atoms with Crippen molar-refractivity contribution in [1.29, 1.82) is 0 Å². The van der Waals surface area contributed by atoms with Crippen molar-refractivity contribution >= 4 is 5.91 Å². The Bertz CT molecular complexity index is 151. The topological polar surface area (TPSA) is 55.6 Å². The standard InChI is InChI=1S/C10H22N2O2/c1-3-8-14-9-5-10(13)12(4-2)7-6-11/h3-9,11H2,1-2H3. The van der Waals surface area contributed by atoms with E-state index >= 15 is 0 Å². The zero-order chi connectivity index (χ0) is 10.8. The number of amides is 1. The quantitative estimate of drug-likeness (QED) is 0.587. The van der Waals surface area contributed by atoms with Crippen LogP contribution in [0.1, 0.15) is 26.7 Å². The number of carbonyl (C=O) groups is 1. The number of ether oxygens (including phenoxy) is 1. The first-order valence-electron chi connectivity index (χ1n) is 5.31. The zero-order valence-corrected chi connectivity index (χ0v) is 9.29. The largest absolute Gasteiger partial charge is 0.381 e. The van der Waals surface area contributed by atoms with Crippen molar-refractivity contribution in [2.24, 2.45) is 5.73 Å². The van der Waals surface area contributed by atoms with Crippen molar-refractivity contribution in [3.05, 3.63) is 0 Å². The highest BCUT2D eigenvalue weighted by Gasteiger charge is 2.09. The van der Waals surface area contributed by atoms with E-state index in [1.807, 2.05) is 6.92 Å². The molecule has 0 rings (SSSR count). The van der Waals surface area contributed by atoms with Crippen LogP contribution in [-0.2, 0) is 9.53 Å². The molecule has 0 spiro atoms. The minimum atomic E-state index is 0.133. The first-order valence-corrected chi connectivity index (χ1v) is 5.31. The molecule has 84 valence electrons. The van der Waals surface area contributed by atoms with E-state index in [4.69, 9.17) is 10.5 Å². The average Bonchev–Trinajstić information content (AvgIpc) is 2.20. The van der Waals surface area contributed by atoms with E-state index in [2.05, 4.69) is 6.92 Å². The fourth-order valence-corrected chi connectivity index (χ4v) is 1.18. The molecule has 0 aliphatic heterocycles. The molecule has 2 N–H and O–H groups in total. The van der Waals surface area contributed by atoms with Gasteiger partial charge in [-0.15, -0.1) is 0 Å². The van der Waals surface area contributed by atoms with E-state index in [-0.39, 0.29) is 5.91 Å². The Labute approximate surface area is 86.4 Å². The van der Waals surface area contributed by atoms with Gasteiger partial charge in [0.2, 0.25) is 5.91 Å². The number of hydrogen-bond donors (Lipinski definition) is 1. The highest BCUT2D eigenvalue weighted by molar-refractivity contribution is 5.76. The van der Waals surface area contributed by atoms with E-state index in [9.17, 15) is 4.79 Å². The van der Waals surface area contributed by atoms with Gasteiger partial charge < -0.3 is 15.4 Å². The smallest absolute Gasteiger partial charge is 0.224 e. The summed E-state index contributed by atoms with van der Waals surface area (Å²) in [6.07, 6.45) is 1.46. The Morgan fingerprint density at radius 1 is 1.36 bits per heavy atom. The first-order chi connectivity index (χ1) is 6.76. The molecule has 0 saturated heterocycles. The SMILES string of the molecule is CCCOCCC(=O)N(CC)CCN. The molecule has 0 unspecified atom stereocenters. The van der Waals surface area contributed by atoms with Gasteiger partial charge in [-0.2, -0.15) is 0 Å². The van der Waals surface area contributed by atoms with Crippen molar-refractivity contribution in [2.45, 2.75) is 26.7 Å². The molecule has 0 aliphatic carbocycles. The van der Waals surface area contributed by atoms with Crippen molar-refractivity contribution in [2.75, 3.05) is 32.8 Å². The van der Waals surface area contributed by atoms with E-state index in [1.165, 1.54) is 0 Å². The molecule has 14 heavy (non-hydrogen) atoms.